The largest absolute Gasteiger partial charge is 0.368 e. The minimum atomic E-state index is -0.244. The lowest BCUT2D eigenvalue weighted by molar-refractivity contribution is 0.352. The molecule has 100 valence electrons. The highest BCUT2D eigenvalue weighted by Gasteiger charge is 2.26. The van der Waals surface area contributed by atoms with Gasteiger partial charge >= 0.3 is 0 Å². The summed E-state index contributed by atoms with van der Waals surface area (Å²) in [4.78, 5) is 16.2. The third-order valence-corrected chi connectivity index (χ3v) is 4.04. The highest BCUT2D eigenvalue weighted by Crippen LogP contribution is 2.25. The molecular formula is C12H19ClN4O. The zero-order valence-corrected chi connectivity index (χ0v) is 11.8. The van der Waals surface area contributed by atoms with E-state index >= 15 is 0 Å². The first kappa shape index (κ1) is 13.4. The van der Waals surface area contributed by atoms with Crippen molar-refractivity contribution in [3.63, 3.8) is 0 Å². The van der Waals surface area contributed by atoms with Crippen LogP contribution in [0, 0.1) is 0 Å². The molecule has 0 amide bonds. The van der Waals surface area contributed by atoms with Crippen LogP contribution in [0.2, 0.25) is 5.02 Å². The molecule has 1 aliphatic rings. The summed E-state index contributed by atoms with van der Waals surface area (Å²) >= 11 is 6.11. The van der Waals surface area contributed by atoms with E-state index in [1.807, 2.05) is 7.05 Å². The molecule has 6 heteroatoms. The van der Waals surface area contributed by atoms with Gasteiger partial charge in [-0.2, -0.15) is 5.10 Å². The lowest BCUT2D eigenvalue weighted by Crippen LogP contribution is -2.36. The fourth-order valence-corrected chi connectivity index (χ4v) is 2.66. The van der Waals surface area contributed by atoms with Gasteiger partial charge in [-0.25, -0.2) is 4.68 Å². The second-order valence-electron chi connectivity index (χ2n) is 4.72. The molecule has 5 nitrogen and oxygen atoms in total. The summed E-state index contributed by atoms with van der Waals surface area (Å²) in [5.41, 5.74) is 0.481. The number of likely N-dealkylation sites (N-methyl/N-ethyl adjacent to an activating group) is 2. The fraction of sp³-hybridized carbons (Fsp3) is 0.667. The number of halogens is 1. The Kier molecular flexibility index (Phi) is 3.92. The Balaban J connectivity index is 2.22. The number of aryl methyl sites for hydroxylation is 1. The molecule has 0 saturated carbocycles. The zero-order chi connectivity index (χ0) is 13.3. The van der Waals surface area contributed by atoms with E-state index in [4.69, 9.17) is 11.6 Å². The van der Waals surface area contributed by atoms with Gasteiger partial charge in [0.15, 0.2) is 0 Å². The van der Waals surface area contributed by atoms with Crippen molar-refractivity contribution in [1.82, 2.24) is 14.7 Å². The maximum atomic E-state index is 11.8. The van der Waals surface area contributed by atoms with Gasteiger partial charge in [0.2, 0.25) is 0 Å². The molecule has 0 radical (unpaired) electrons. The molecule has 1 atom stereocenters. The van der Waals surface area contributed by atoms with Crippen molar-refractivity contribution in [2.24, 2.45) is 7.05 Å². The van der Waals surface area contributed by atoms with Crippen LogP contribution < -0.4 is 10.5 Å². The lowest BCUT2D eigenvalue weighted by atomic mass is 10.2. The van der Waals surface area contributed by atoms with Gasteiger partial charge in [-0.3, -0.25) is 4.79 Å². The summed E-state index contributed by atoms with van der Waals surface area (Å²) in [6, 6.07) is 0.399. The molecule has 1 fully saturated rings. The van der Waals surface area contributed by atoms with Gasteiger partial charge in [0, 0.05) is 33.2 Å². The van der Waals surface area contributed by atoms with Crippen molar-refractivity contribution >= 4 is 17.3 Å². The molecule has 1 saturated heterocycles. The van der Waals surface area contributed by atoms with Crippen molar-refractivity contribution in [3.8, 4) is 0 Å². The van der Waals surface area contributed by atoms with E-state index < -0.39 is 0 Å². The second-order valence-corrected chi connectivity index (χ2v) is 5.10. The quantitative estimate of drug-likeness (QED) is 0.821. The molecule has 0 N–H and O–H groups in total. The molecular weight excluding hydrogens is 252 g/mol. The summed E-state index contributed by atoms with van der Waals surface area (Å²) in [7, 11) is 3.58. The molecule has 2 heterocycles. The highest BCUT2D eigenvalue weighted by molar-refractivity contribution is 6.33. The number of rotatable bonds is 3. The topological polar surface area (TPSA) is 41.4 Å². The first-order chi connectivity index (χ1) is 8.54. The molecule has 0 aromatic carbocycles. The van der Waals surface area contributed by atoms with Crippen molar-refractivity contribution < 1.29 is 0 Å². The zero-order valence-electron chi connectivity index (χ0n) is 11.1. The van der Waals surface area contributed by atoms with E-state index in [1.165, 1.54) is 4.68 Å². The van der Waals surface area contributed by atoms with E-state index in [-0.39, 0.29) is 10.6 Å². The van der Waals surface area contributed by atoms with Gasteiger partial charge in [0.1, 0.15) is 5.02 Å². The van der Waals surface area contributed by atoms with Gasteiger partial charge in [-0.1, -0.05) is 18.5 Å². The molecule has 0 aliphatic carbocycles. The van der Waals surface area contributed by atoms with Crippen LogP contribution in [-0.4, -0.2) is 47.4 Å². The number of hydrogen-bond donors (Lipinski definition) is 0. The summed E-state index contributed by atoms with van der Waals surface area (Å²) < 4.78 is 1.26. The Labute approximate surface area is 112 Å². The average Bonchev–Trinajstić information content (AvgIpc) is 2.84. The van der Waals surface area contributed by atoms with Crippen LogP contribution in [0.25, 0.3) is 0 Å². The molecule has 2 rings (SSSR count). The lowest BCUT2D eigenvalue weighted by Gasteiger charge is -2.27. The third kappa shape index (κ3) is 2.37. The van der Waals surface area contributed by atoms with Crippen molar-refractivity contribution in [1.29, 1.82) is 0 Å². The van der Waals surface area contributed by atoms with E-state index in [1.54, 1.807) is 13.2 Å². The van der Waals surface area contributed by atoms with Crippen LogP contribution in [0.4, 0.5) is 5.69 Å². The van der Waals surface area contributed by atoms with Gasteiger partial charge in [0.25, 0.3) is 5.56 Å². The van der Waals surface area contributed by atoms with Gasteiger partial charge in [-0.05, 0) is 13.0 Å². The molecule has 1 aromatic heterocycles. The Bertz CT molecular complexity index is 487. The van der Waals surface area contributed by atoms with Gasteiger partial charge in [-0.15, -0.1) is 0 Å². The molecule has 18 heavy (non-hydrogen) atoms. The Morgan fingerprint density at radius 2 is 2.33 bits per heavy atom. The van der Waals surface area contributed by atoms with Crippen molar-refractivity contribution in [3.05, 3.63) is 21.6 Å². The fourth-order valence-electron chi connectivity index (χ4n) is 2.36. The first-order valence-corrected chi connectivity index (χ1v) is 6.59. The molecule has 1 aliphatic heterocycles. The Morgan fingerprint density at radius 3 is 2.94 bits per heavy atom. The number of anilines is 1. The van der Waals surface area contributed by atoms with Crippen LogP contribution in [-0.2, 0) is 7.05 Å². The second kappa shape index (κ2) is 5.28. The van der Waals surface area contributed by atoms with Crippen molar-refractivity contribution in [2.45, 2.75) is 19.4 Å². The molecule has 0 spiro atoms. The minimum Gasteiger partial charge on any atom is -0.368 e. The van der Waals surface area contributed by atoms with Gasteiger partial charge < -0.3 is 9.80 Å². The van der Waals surface area contributed by atoms with E-state index in [0.717, 1.165) is 31.7 Å². The standard InChI is InChI=1S/C12H19ClN4O/c1-4-17-6-5-9(8-17)15(2)10-7-14-16(3)12(18)11(10)13/h7,9H,4-6,8H2,1-3H3. The van der Waals surface area contributed by atoms with Crippen LogP contribution in [0.15, 0.2) is 11.0 Å². The van der Waals surface area contributed by atoms with Crippen LogP contribution in [0.3, 0.4) is 0 Å². The van der Waals surface area contributed by atoms with E-state index in [9.17, 15) is 4.79 Å². The number of aromatic nitrogens is 2. The summed E-state index contributed by atoms with van der Waals surface area (Å²) in [6.07, 6.45) is 2.76. The summed E-state index contributed by atoms with van der Waals surface area (Å²) in [5, 5.41) is 4.29. The number of hydrogen-bond acceptors (Lipinski definition) is 4. The van der Waals surface area contributed by atoms with Crippen LogP contribution >= 0.6 is 11.6 Å². The maximum absolute atomic E-state index is 11.8. The van der Waals surface area contributed by atoms with E-state index in [2.05, 4.69) is 21.8 Å². The van der Waals surface area contributed by atoms with Crippen LogP contribution in [0.5, 0.6) is 0 Å². The number of nitrogens with zero attached hydrogens (tertiary/aromatic N) is 4. The summed E-state index contributed by atoms with van der Waals surface area (Å²) in [5.74, 6) is 0. The first-order valence-electron chi connectivity index (χ1n) is 6.21. The molecule has 0 bridgehead atoms. The van der Waals surface area contributed by atoms with E-state index in [0.29, 0.717) is 6.04 Å². The maximum Gasteiger partial charge on any atom is 0.287 e. The Hall–Kier alpha value is -1.07. The monoisotopic (exact) mass is 270 g/mol. The normalized spacial score (nSPS) is 20.3. The van der Waals surface area contributed by atoms with Gasteiger partial charge in [0.05, 0.1) is 11.9 Å². The molecule has 1 aromatic rings. The highest BCUT2D eigenvalue weighted by atomic mass is 35.5. The average molecular weight is 271 g/mol. The smallest absolute Gasteiger partial charge is 0.287 e. The predicted octanol–water partition coefficient (Wildman–Crippen LogP) is 0.964. The SMILES string of the molecule is CCN1CCC(N(C)c2cnn(C)c(=O)c2Cl)C1. The van der Waals surface area contributed by atoms with Crippen LogP contribution in [0.1, 0.15) is 13.3 Å². The van der Waals surface area contributed by atoms with Crippen molar-refractivity contribution in [2.75, 3.05) is 31.6 Å². The minimum absolute atomic E-state index is 0.244. The molecule has 1 unspecified atom stereocenters. The predicted molar refractivity (Wildman–Crippen MR) is 73.4 cm³/mol. The third-order valence-electron chi connectivity index (χ3n) is 3.68. The Morgan fingerprint density at radius 1 is 1.61 bits per heavy atom. The number of likely N-dealkylation sites (tertiary alicyclic amines) is 1. The summed E-state index contributed by atoms with van der Waals surface area (Å²) in [6.45, 7) is 5.34.